The van der Waals surface area contributed by atoms with Crippen LogP contribution >= 0.6 is 15.9 Å². The van der Waals surface area contributed by atoms with Gasteiger partial charge in [0.1, 0.15) is 10.3 Å². The van der Waals surface area contributed by atoms with Crippen LogP contribution in [0.1, 0.15) is 15.9 Å². The Hall–Kier alpha value is -2.79. The van der Waals surface area contributed by atoms with Gasteiger partial charge in [0.05, 0.1) is 16.6 Å². The van der Waals surface area contributed by atoms with E-state index in [0.717, 1.165) is 6.07 Å². The number of anilines is 1. The number of rotatable bonds is 3. The number of nitro groups is 1. The van der Waals surface area contributed by atoms with Crippen LogP contribution in [0.3, 0.4) is 0 Å². The molecule has 0 aliphatic carbocycles. The minimum absolute atomic E-state index is 0.0249. The number of nitriles is 1. The minimum atomic E-state index is -0.654. The Morgan fingerprint density at radius 1 is 1.38 bits per heavy atom. The van der Waals surface area contributed by atoms with E-state index in [0.29, 0.717) is 10.2 Å². The third kappa shape index (κ3) is 3.40. The second kappa shape index (κ2) is 6.11. The van der Waals surface area contributed by atoms with Crippen LogP contribution in [0, 0.1) is 21.4 Å². The van der Waals surface area contributed by atoms with E-state index in [-0.39, 0.29) is 16.9 Å². The summed E-state index contributed by atoms with van der Waals surface area (Å²) in [6.07, 6.45) is 1.44. The Bertz CT molecular complexity index is 770. The van der Waals surface area contributed by atoms with E-state index in [4.69, 9.17) is 5.26 Å². The first-order valence-corrected chi connectivity index (χ1v) is 6.42. The molecule has 0 aliphatic heterocycles. The fraction of sp³-hybridized carbons (Fsp3) is 0. The maximum Gasteiger partial charge on any atom is 0.294 e. The molecule has 0 aliphatic rings. The zero-order valence-electron chi connectivity index (χ0n) is 10.4. The van der Waals surface area contributed by atoms with Gasteiger partial charge in [0, 0.05) is 17.8 Å². The summed E-state index contributed by atoms with van der Waals surface area (Å²) < 4.78 is 0.476. The molecule has 0 bridgehead atoms. The van der Waals surface area contributed by atoms with Crippen molar-refractivity contribution >= 4 is 33.2 Å². The molecule has 1 N–H and O–H groups in total. The molecule has 1 aromatic carbocycles. The van der Waals surface area contributed by atoms with Gasteiger partial charge in [-0.15, -0.1) is 0 Å². The summed E-state index contributed by atoms with van der Waals surface area (Å²) in [4.78, 5) is 26.3. The Morgan fingerprint density at radius 3 is 2.76 bits per heavy atom. The number of nitro benzene ring substituents is 1. The van der Waals surface area contributed by atoms with Crippen molar-refractivity contribution in [1.82, 2.24) is 4.98 Å². The van der Waals surface area contributed by atoms with Gasteiger partial charge in [0.2, 0.25) is 0 Å². The average Bonchev–Trinajstić information content (AvgIpc) is 2.47. The van der Waals surface area contributed by atoms with Crippen LogP contribution in [0.15, 0.2) is 41.1 Å². The van der Waals surface area contributed by atoms with E-state index in [1.165, 1.54) is 30.5 Å². The van der Waals surface area contributed by atoms with E-state index in [1.54, 1.807) is 0 Å². The third-order valence-corrected chi connectivity index (χ3v) is 2.99. The molecule has 1 heterocycles. The summed E-state index contributed by atoms with van der Waals surface area (Å²) in [5.74, 6) is -0.508. The summed E-state index contributed by atoms with van der Waals surface area (Å²) in [5.41, 5.74) is 0.134. The lowest BCUT2D eigenvalue weighted by atomic mass is 10.1. The Morgan fingerprint density at radius 2 is 2.14 bits per heavy atom. The first-order chi connectivity index (χ1) is 10.0. The fourth-order valence-corrected chi connectivity index (χ4v) is 1.96. The predicted octanol–water partition coefficient (Wildman–Crippen LogP) is 2.88. The summed E-state index contributed by atoms with van der Waals surface area (Å²) in [7, 11) is 0. The number of carbonyl (C=O) groups excluding carboxylic acids is 1. The number of aromatic nitrogens is 1. The lowest BCUT2D eigenvalue weighted by Crippen LogP contribution is -2.13. The standard InChI is InChI=1S/C13H7BrN4O3/c14-12-6-9(3-4-16-12)13(19)17-10-2-1-8(7-15)5-11(10)18(20)21/h1-6H,(H,17,19). The first kappa shape index (κ1) is 14.6. The summed E-state index contributed by atoms with van der Waals surface area (Å²) in [6.45, 7) is 0. The lowest BCUT2D eigenvalue weighted by molar-refractivity contribution is -0.383. The number of hydrogen-bond acceptors (Lipinski definition) is 5. The van der Waals surface area contributed by atoms with Gasteiger partial charge in [0.25, 0.3) is 11.6 Å². The van der Waals surface area contributed by atoms with Crippen molar-refractivity contribution in [2.45, 2.75) is 0 Å². The second-order valence-electron chi connectivity index (χ2n) is 3.92. The maximum absolute atomic E-state index is 12.0. The van der Waals surface area contributed by atoms with Crippen LogP contribution in [0.4, 0.5) is 11.4 Å². The smallest absolute Gasteiger partial charge is 0.294 e. The molecule has 0 saturated heterocycles. The highest BCUT2D eigenvalue weighted by atomic mass is 79.9. The molecule has 2 aromatic rings. The number of amides is 1. The van der Waals surface area contributed by atoms with Crippen LogP contribution in [-0.4, -0.2) is 15.8 Å². The molecule has 104 valence electrons. The largest absolute Gasteiger partial charge is 0.316 e. The number of carbonyl (C=O) groups is 1. The molecule has 0 atom stereocenters. The number of nitrogens with zero attached hydrogens (tertiary/aromatic N) is 3. The quantitative estimate of drug-likeness (QED) is 0.522. The van der Waals surface area contributed by atoms with Crippen LogP contribution in [0.25, 0.3) is 0 Å². The minimum Gasteiger partial charge on any atom is -0.316 e. The Labute approximate surface area is 127 Å². The summed E-state index contributed by atoms with van der Waals surface area (Å²) in [5, 5.41) is 22.2. The number of benzene rings is 1. The topological polar surface area (TPSA) is 109 Å². The highest BCUT2D eigenvalue weighted by Crippen LogP contribution is 2.26. The van der Waals surface area contributed by atoms with E-state index < -0.39 is 10.8 Å². The van der Waals surface area contributed by atoms with Crippen molar-refractivity contribution in [3.8, 4) is 6.07 Å². The van der Waals surface area contributed by atoms with Crippen molar-refractivity contribution in [2.75, 3.05) is 5.32 Å². The summed E-state index contributed by atoms with van der Waals surface area (Å²) >= 11 is 3.14. The molecule has 0 fully saturated rings. The number of nitrogens with one attached hydrogen (secondary N) is 1. The second-order valence-corrected chi connectivity index (χ2v) is 4.73. The van der Waals surface area contributed by atoms with Crippen LogP contribution < -0.4 is 5.32 Å². The van der Waals surface area contributed by atoms with Gasteiger partial charge >= 0.3 is 0 Å². The van der Waals surface area contributed by atoms with Gasteiger partial charge in [-0.3, -0.25) is 14.9 Å². The number of halogens is 1. The monoisotopic (exact) mass is 346 g/mol. The predicted molar refractivity (Wildman–Crippen MR) is 77.7 cm³/mol. The molecular weight excluding hydrogens is 340 g/mol. The van der Waals surface area contributed by atoms with E-state index in [2.05, 4.69) is 26.2 Å². The SMILES string of the molecule is N#Cc1ccc(NC(=O)c2ccnc(Br)c2)c([N+](=O)[O-])c1. The lowest BCUT2D eigenvalue weighted by Gasteiger charge is -2.06. The third-order valence-electron chi connectivity index (χ3n) is 2.56. The molecule has 1 amide bonds. The van der Waals surface area contributed by atoms with Crippen LogP contribution in [-0.2, 0) is 0 Å². The molecule has 0 spiro atoms. The van der Waals surface area contributed by atoms with Crippen molar-refractivity contribution in [3.63, 3.8) is 0 Å². The molecule has 0 unspecified atom stereocenters. The molecule has 7 nitrogen and oxygen atoms in total. The van der Waals surface area contributed by atoms with E-state index >= 15 is 0 Å². The van der Waals surface area contributed by atoms with Crippen molar-refractivity contribution in [1.29, 1.82) is 5.26 Å². The van der Waals surface area contributed by atoms with E-state index in [1.807, 2.05) is 6.07 Å². The first-order valence-electron chi connectivity index (χ1n) is 5.62. The van der Waals surface area contributed by atoms with Crippen molar-refractivity contribution in [2.24, 2.45) is 0 Å². The molecule has 0 radical (unpaired) electrons. The summed E-state index contributed by atoms with van der Waals surface area (Å²) in [6, 6.07) is 8.61. The Kier molecular flexibility index (Phi) is 4.25. The molecule has 0 saturated carbocycles. The van der Waals surface area contributed by atoms with Crippen LogP contribution in [0.5, 0.6) is 0 Å². The zero-order chi connectivity index (χ0) is 15.4. The van der Waals surface area contributed by atoms with Gasteiger partial charge in [-0.05, 0) is 40.2 Å². The Balaban J connectivity index is 2.33. The zero-order valence-corrected chi connectivity index (χ0v) is 12.0. The fourth-order valence-electron chi connectivity index (χ4n) is 1.60. The van der Waals surface area contributed by atoms with Gasteiger partial charge < -0.3 is 5.32 Å². The highest BCUT2D eigenvalue weighted by molar-refractivity contribution is 9.10. The highest BCUT2D eigenvalue weighted by Gasteiger charge is 2.17. The maximum atomic E-state index is 12.0. The van der Waals surface area contributed by atoms with Gasteiger partial charge in [-0.25, -0.2) is 4.98 Å². The van der Waals surface area contributed by atoms with Crippen LogP contribution in [0.2, 0.25) is 0 Å². The molecule has 2 rings (SSSR count). The number of pyridine rings is 1. The van der Waals surface area contributed by atoms with Gasteiger partial charge in [-0.1, -0.05) is 0 Å². The average molecular weight is 347 g/mol. The van der Waals surface area contributed by atoms with Crippen molar-refractivity contribution < 1.29 is 9.72 Å². The molecule has 8 heteroatoms. The van der Waals surface area contributed by atoms with E-state index in [9.17, 15) is 14.9 Å². The normalized spacial score (nSPS) is 9.71. The molecular formula is C13H7BrN4O3. The number of hydrogen-bond donors (Lipinski definition) is 1. The molecule has 1 aromatic heterocycles. The van der Waals surface area contributed by atoms with Gasteiger partial charge in [-0.2, -0.15) is 5.26 Å². The van der Waals surface area contributed by atoms with Gasteiger partial charge in [0.15, 0.2) is 0 Å². The van der Waals surface area contributed by atoms with Crippen molar-refractivity contribution in [3.05, 3.63) is 62.4 Å². The molecule has 21 heavy (non-hydrogen) atoms.